The lowest BCUT2D eigenvalue weighted by Crippen LogP contribution is -2.40. The number of hydrogen-bond acceptors (Lipinski definition) is 3. The van der Waals surface area contributed by atoms with E-state index in [9.17, 15) is 4.79 Å². The van der Waals surface area contributed by atoms with Crippen LogP contribution in [0.15, 0.2) is 24.5 Å². The Morgan fingerprint density at radius 2 is 2.00 bits per heavy atom. The molecule has 0 N–H and O–H groups in total. The van der Waals surface area contributed by atoms with E-state index in [0.29, 0.717) is 5.91 Å². The average Bonchev–Trinajstić information content (AvgIpc) is 2.46. The standard InChI is InChI=1S/C15H23N3O/c1-17-10-6-14(7-11-17)15(19)18(2)12-5-13-3-8-16-9-4-13/h3-4,8-9,14H,5-7,10-12H2,1-2H3. The summed E-state index contributed by atoms with van der Waals surface area (Å²) in [5.41, 5.74) is 1.23. The molecular formula is C15H23N3O. The van der Waals surface area contributed by atoms with Crippen molar-refractivity contribution in [3.8, 4) is 0 Å². The van der Waals surface area contributed by atoms with Crippen LogP contribution in [0.2, 0.25) is 0 Å². The maximum atomic E-state index is 12.3. The third kappa shape index (κ3) is 4.03. The Morgan fingerprint density at radius 1 is 1.37 bits per heavy atom. The van der Waals surface area contributed by atoms with E-state index < -0.39 is 0 Å². The van der Waals surface area contributed by atoms with Gasteiger partial charge in [0.05, 0.1) is 0 Å². The van der Waals surface area contributed by atoms with Crippen molar-refractivity contribution in [3.63, 3.8) is 0 Å². The molecule has 1 fully saturated rings. The number of aromatic nitrogens is 1. The lowest BCUT2D eigenvalue weighted by atomic mass is 9.95. The predicted molar refractivity (Wildman–Crippen MR) is 75.8 cm³/mol. The molecule has 0 atom stereocenters. The highest BCUT2D eigenvalue weighted by molar-refractivity contribution is 5.78. The van der Waals surface area contributed by atoms with Gasteiger partial charge in [-0.25, -0.2) is 0 Å². The molecule has 0 unspecified atom stereocenters. The zero-order valence-electron chi connectivity index (χ0n) is 11.9. The summed E-state index contributed by atoms with van der Waals surface area (Å²) in [6.07, 6.45) is 6.49. The Balaban J connectivity index is 1.79. The van der Waals surface area contributed by atoms with Crippen molar-refractivity contribution in [2.24, 2.45) is 5.92 Å². The fraction of sp³-hybridized carbons (Fsp3) is 0.600. The van der Waals surface area contributed by atoms with E-state index in [0.717, 1.165) is 38.9 Å². The van der Waals surface area contributed by atoms with Crippen LogP contribution in [0.4, 0.5) is 0 Å². The molecule has 0 spiro atoms. The van der Waals surface area contributed by atoms with Gasteiger partial charge in [0.25, 0.3) is 0 Å². The molecule has 0 aromatic carbocycles. The normalized spacial score (nSPS) is 17.4. The van der Waals surface area contributed by atoms with Gasteiger partial charge in [-0.15, -0.1) is 0 Å². The van der Waals surface area contributed by atoms with Gasteiger partial charge in [0.15, 0.2) is 0 Å². The Morgan fingerprint density at radius 3 is 2.63 bits per heavy atom. The SMILES string of the molecule is CN1CCC(C(=O)N(C)CCc2ccncc2)CC1. The van der Waals surface area contributed by atoms with Crippen LogP contribution >= 0.6 is 0 Å². The number of rotatable bonds is 4. The Hall–Kier alpha value is -1.42. The van der Waals surface area contributed by atoms with Crippen LogP contribution in [0.5, 0.6) is 0 Å². The van der Waals surface area contributed by atoms with Crippen LogP contribution in [0.1, 0.15) is 18.4 Å². The molecule has 2 heterocycles. The third-order valence-corrected chi connectivity index (χ3v) is 3.93. The summed E-state index contributed by atoms with van der Waals surface area (Å²) in [5, 5.41) is 0. The monoisotopic (exact) mass is 261 g/mol. The van der Waals surface area contributed by atoms with Crippen molar-refractivity contribution in [1.82, 2.24) is 14.8 Å². The minimum absolute atomic E-state index is 0.221. The molecule has 1 aromatic rings. The van der Waals surface area contributed by atoms with E-state index in [4.69, 9.17) is 0 Å². The van der Waals surface area contributed by atoms with Gasteiger partial charge < -0.3 is 9.80 Å². The lowest BCUT2D eigenvalue weighted by molar-refractivity contribution is -0.135. The molecule has 0 bridgehead atoms. The quantitative estimate of drug-likeness (QED) is 0.822. The van der Waals surface area contributed by atoms with Gasteiger partial charge in [0.1, 0.15) is 0 Å². The first kappa shape index (κ1) is 14.0. The zero-order chi connectivity index (χ0) is 13.7. The van der Waals surface area contributed by atoms with Crippen molar-refractivity contribution < 1.29 is 4.79 Å². The Bertz CT molecular complexity index is 399. The number of nitrogens with zero attached hydrogens (tertiary/aromatic N) is 3. The van der Waals surface area contributed by atoms with Gasteiger partial charge in [0.2, 0.25) is 5.91 Å². The van der Waals surface area contributed by atoms with Gasteiger partial charge >= 0.3 is 0 Å². The molecule has 104 valence electrons. The van der Waals surface area contributed by atoms with Crippen molar-refractivity contribution in [2.75, 3.05) is 33.7 Å². The van der Waals surface area contributed by atoms with Crippen LogP contribution in [-0.4, -0.2) is 54.4 Å². The molecule has 0 aliphatic carbocycles. The smallest absolute Gasteiger partial charge is 0.225 e. The van der Waals surface area contributed by atoms with Crippen LogP contribution in [0, 0.1) is 5.92 Å². The van der Waals surface area contributed by atoms with E-state index in [1.165, 1.54) is 5.56 Å². The van der Waals surface area contributed by atoms with E-state index in [1.54, 1.807) is 12.4 Å². The van der Waals surface area contributed by atoms with Crippen LogP contribution in [0.3, 0.4) is 0 Å². The number of hydrogen-bond donors (Lipinski definition) is 0. The van der Waals surface area contributed by atoms with Gasteiger partial charge in [-0.3, -0.25) is 9.78 Å². The highest BCUT2D eigenvalue weighted by Crippen LogP contribution is 2.18. The van der Waals surface area contributed by atoms with E-state index in [2.05, 4.69) is 16.9 Å². The number of carbonyl (C=O) groups excluding carboxylic acids is 1. The topological polar surface area (TPSA) is 36.4 Å². The first-order chi connectivity index (χ1) is 9.16. The first-order valence-electron chi connectivity index (χ1n) is 6.99. The number of amides is 1. The maximum Gasteiger partial charge on any atom is 0.225 e. The highest BCUT2D eigenvalue weighted by Gasteiger charge is 2.25. The summed E-state index contributed by atoms with van der Waals surface area (Å²) < 4.78 is 0. The summed E-state index contributed by atoms with van der Waals surface area (Å²) >= 11 is 0. The second kappa shape index (κ2) is 6.66. The largest absolute Gasteiger partial charge is 0.345 e. The minimum atomic E-state index is 0.221. The van der Waals surface area contributed by atoms with Gasteiger partial charge in [0, 0.05) is 31.9 Å². The Labute approximate surface area is 115 Å². The highest BCUT2D eigenvalue weighted by atomic mass is 16.2. The fourth-order valence-electron chi connectivity index (χ4n) is 2.52. The molecule has 4 heteroatoms. The number of likely N-dealkylation sites (tertiary alicyclic amines) is 1. The molecule has 4 nitrogen and oxygen atoms in total. The number of likely N-dealkylation sites (N-methyl/N-ethyl adjacent to an activating group) is 1. The summed E-state index contributed by atoms with van der Waals surface area (Å²) in [4.78, 5) is 20.5. The summed E-state index contributed by atoms with van der Waals surface area (Å²) in [6.45, 7) is 2.86. The molecular weight excluding hydrogens is 238 g/mol. The summed E-state index contributed by atoms with van der Waals surface area (Å²) in [5.74, 6) is 0.529. The van der Waals surface area contributed by atoms with Crippen molar-refractivity contribution in [2.45, 2.75) is 19.3 Å². The van der Waals surface area contributed by atoms with Crippen LogP contribution < -0.4 is 0 Å². The maximum absolute atomic E-state index is 12.3. The molecule has 1 aliphatic heterocycles. The summed E-state index contributed by atoms with van der Waals surface area (Å²) in [7, 11) is 4.04. The predicted octanol–water partition coefficient (Wildman–Crippen LogP) is 1.42. The van der Waals surface area contributed by atoms with E-state index in [-0.39, 0.29) is 5.92 Å². The van der Waals surface area contributed by atoms with E-state index in [1.807, 2.05) is 24.1 Å². The molecule has 0 saturated carbocycles. The van der Waals surface area contributed by atoms with Gasteiger partial charge in [-0.2, -0.15) is 0 Å². The van der Waals surface area contributed by atoms with Crippen molar-refractivity contribution in [3.05, 3.63) is 30.1 Å². The summed E-state index contributed by atoms with van der Waals surface area (Å²) in [6, 6.07) is 4.02. The van der Waals surface area contributed by atoms with Crippen LogP contribution in [-0.2, 0) is 11.2 Å². The second-order valence-corrected chi connectivity index (χ2v) is 5.44. The molecule has 0 radical (unpaired) electrons. The number of pyridine rings is 1. The van der Waals surface area contributed by atoms with Crippen molar-refractivity contribution in [1.29, 1.82) is 0 Å². The molecule has 1 saturated heterocycles. The Kier molecular flexibility index (Phi) is 4.91. The molecule has 1 aliphatic rings. The number of carbonyl (C=O) groups is 1. The minimum Gasteiger partial charge on any atom is -0.345 e. The number of piperidine rings is 1. The lowest BCUT2D eigenvalue weighted by Gasteiger charge is -2.31. The molecule has 19 heavy (non-hydrogen) atoms. The second-order valence-electron chi connectivity index (χ2n) is 5.44. The third-order valence-electron chi connectivity index (χ3n) is 3.93. The molecule has 1 amide bonds. The van der Waals surface area contributed by atoms with E-state index >= 15 is 0 Å². The molecule has 2 rings (SSSR count). The van der Waals surface area contributed by atoms with Crippen LogP contribution in [0.25, 0.3) is 0 Å². The average molecular weight is 261 g/mol. The first-order valence-corrected chi connectivity index (χ1v) is 6.99. The van der Waals surface area contributed by atoms with Gasteiger partial charge in [-0.1, -0.05) is 0 Å². The van der Waals surface area contributed by atoms with Gasteiger partial charge in [-0.05, 0) is 57.1 Å². The van der Waals surface area contributed by atoms with Crippen molar-refractivity contribution >= 4 is 5.91 Å². The zero-order valence-corrected chi connectivity index (χ0v) is 11.9. The fourth-order valence-corrected chi connectivity index (χ4v) is 2.52. The molecule has 1 aromatic heterocycles.